The molecule has 1 aliphatic rings. The van der Waals surface area contributed by atoms with Gasteiger partial charge in [0.15, 0.2) is 5.78 Å². The number of hydrogen-bond acceptors (Lipinski definition) is 4. The van der Waals surface area contributed by atoms with Crippen molar-refractivity contribution in [2.24, 2.45) is 5.92 Å². The summed E-state index contributed by atoms with van der Waals surface area (Å²) in [6.07, 6.45) is 0.287. The smallest absolute Gasteiger partial charge is 0.336 e. The molecule has 3 rings (SSSR count). The van der Waals surface area contributed by atoms with Crippen molar-refractivity contribution in [3.05, 3.63) is 58.7 Å². The molecule has 26 heavy (non-hydrogen) atoms. The van der Waals surface area contributed by atoms with Gasteiger partial charge < -0.3 is 14.6 Å². The molecule has 0 aliphatic heterocycles. The highest BCUT2D eigenvalue weighted by atomic mass is 16.5. The van der Waals surface area contributed by atoms with E-state index in [1.54, 1.807) is 6.07 Å². The molecule has 0 saturated carbocycles. The fraction of sp³-hybridized carbons (Fsp3) is 0.333. The van der Waals surface area contributed by atoms with E-state index >= 15 is 0 Å². The van der Waals surface area contributed by atoms with Crippen LogP contribution in [0, 0.1) is 5.92 Å². The minimum atomic E-state index is -1.07. The minimum absolute atomic E-state index is 0.0415. The molecule has 1 unspecified atom stereocenters. The SMILES string of the molecule is COc1cc(OC)c(CC2C(=O)c3ccccc3C2(C)C)c(C(=O)O)c1. The number of benzene rings is 2. The van der Waals surface area contributed by atoms with Crippen LogP contribution in [0.5, 0.6) is 11.5 Å². The minimum Gasteiger partial charge on any atom is -0.497 e. The largest absolute Gasteiger partial charge is 0.497 e. The zero-order chi connectivity index (χ0) is 19.1. The first-order valence-electron chi connectivity index (χ1n) is 8.43. The Kier molecular flexibility index (Phi) is 4.48. The van der Waals surface area contributed by atoms with Gasteiger partial charge in [0.1, 0.15) is 11.5 Å². The van der Waals surface area contributed by atoms with Crippen LogP contribution in [0.3, 0.4) is 0 Å². The van der Waals surface area contributed by atoms with Gasteiger partial charge in [0.2, 0.25) is 0 Å². The van der Waals surface area contributed by atoms with Gasteiger partial charge in [0, 0.05) is 28.5 Å². The van der Waals surface area contributed by atoms with Crippen molar-refractivity contribution in [1.29, 1.82) is 0 Å². The monoisotopic (exact) mass is 354 g/mol. The number of carboxylic acid groups (broad SMARTS) is 1. The lowest BCUT2D eigenvalue weighted by molar-refractivity contribution is 0.0692. The molecule has 0 aromatic heterocycles. The lowest BCUT2D eigenvalue weighted by Crippen LogP contribution is -2.29. The number of carboxylic acids is 1. The summed E-state index contributed by atoms with van der Waals surface area (Å²) in [6.45, 7) is 4.05. The summed E-state index contributed by atoms with van der Waals surface area (Å²) >= 11 is 0. The summed E-state index contributed by atoms with van der Waals surface area (Å²) in [7, 11) is 2.96. The average molecular weight is 354 g/mol. The first-order valence-corrected chi connectivity index (χ1v) is 8.43. The van der Waals surface area contributed by atoms with E-state index in [2.05, 4.69) is 0 Å². The molecular formula is C21H22O5. The number of ketones is 1. The lowest BCUT2D eigenvalue weighted by atomic mass is 9.75. The quantitative estimate of drug-likeness (QED) is 0.886. The van der Waals surface area contributed by atoms with Crippen molar-refractivity contribution < 1.29 is 24.2 Å². The molecule has 1 atom stereocenters. The van der Waals surface area contributed by atoms with Gasteiger partial charge in [-0.2, -0.15) is 0 Å². The molecule has 0 fully saturated rings. The summed E-state index contributed by atoms with van der Waals surface area (Å²) in [5, 5.41) is 9.65. The van der Waals surface area contributed by atoms with E-state index in [0.29, 0.717) is 22.6 Å². The van der Waals surface area contributed by atoms with Crippen LogP contribution >= 0.6 is 0 Å². The van der Waals surface area contributed by atoms with Crippen LogP contribution in [0.4, 0.5) is 0 Å². The van der Waals surface area contributed by atoms with Crippen molar-refractivity contribution in [3.8, 4) is 11.5 Å². The van der Waals surface area contributed by atoms with Gasteiger partial charge in [-0.15, -0.1) is 0 Å². The number of rotatable bonds is 5. The number of carbonyl (C=O) groups excluding carboxylic acids is 1. The van der Waals surface area contributed by atoms with Crippen LogP contribution in [0.25, 0.3) is 0 Å². The fourth-order valence-corrected chi connectivity index (χ4v) is 3.84. The topological polar surface area (TPSA) is 72.8 Å². The Morgan fingerprint density at radius 3 is 2.42 bits per heavy atom. The highest BCUT2D eigenvalue weighted by Crippen LogP contribution is 2.45. The van der Waals surface area contributed by atoms with Gasteiger partial charge in [-0.05, 0) is 18.1 Å². The average Bonchev–Trinajstić information content (AvgIpc) is 2.82. The van der Waals surface area contributed by atoms with E-state index < -0.39 is 11.4 Å². The number of Topliss-reactive ketones (excluding diaryl/α,β-unsaturated/α-hetero) is 1. The maximum absolute atomic E-state index is 13.0. The van der Waals surface area contributed by atoms with Gasteiger partial charge in [-0.3, -0.25) is 4.79 Å². The van der Waals surface area contributed by atoms with Crippen molar-refractivity contribution in [1.82, 2.24) is 0 Å². The highest BCUT2D eigenvalue weighted by Gasteiger charge is 2.46. The Balaban J connectivity index is 2.10. The molecule has 5 heteroatoms. The van der Waals surface area contributed by atoms with E-state index in [9.17, 15) is 14.7 Å². The second kappa shape index (κ2) is 6.48. The molecule has 0 radical (unpaired) electrons. The summed E-state index contributed by atoms with van der Waals surface area (Å²) < 4.78 is 10.6. The highest BCUT2D eigenvalue weighted by molar-refractivity contribution is 6.04. The molecule has 0 spiro atoms. The molecule has 0 saturated heterocycles. The molecule has 2 aromatic carbocycles. The third-order valence-electron chi connectivity index (χ3n) is 5.35. The van der Waals surface area contributed by atoms with Crippen LogP contribution in [0.15, 0.2) is 36.4 Å². The lowest BCUT2D eigenvalue weighted by Gasteiger charge is -2.28. The number of carbonyl (C=O) groups is 2. The van der Waals surface area contributed by atoms with Gasteiger partial charge in [0.05, 0.1) is 19.8 Å². The van der Waals surface area contributed by atoms with Crippen LogP contribution in [-0.4, -0.2) is 31.1 Å². The second-order valence-electron chi connectivity index (χ2n) is 7.05. The predicted molar refractivity (Wildman–Crippen MR) is 97.5 cm³/mol. The normalized spacial score (nSPS) is 17.7. The molecule has 136 valence electrons. The van der Waals surface area contributed by atoms with Crippen molar-refractivity contribution >= 4 is 11.8 Å². The first kappa shape index (κ1) is 18.0. The molecular weight excluding hydrogens is 332 g/mol. The van der Waals surface area contributed by atoms with Gasteiger partial charge in [-0.1, -0.05) is 38.1 Å². The van der Waals surface area contributed by atoms with E-state index in [1.165, 1.54) is 20.3 Å². The Hall–Kier alpha value is -2.82. The van der Waals surface area contributed by atoms with Crippen molar-refractivity contribution in [3.63, 3.8) is 0 Å². The van der Waals surface area contributed by atoms with Gasteiger partial charge >= 0.3 is 5.97 Å². The Bertz CT molecular complexity index is 882. The van der Waals surface area contributed by atoms with Crippen molar-refractivity contribution in [2.45, 2.75) is 25.7 Å². The molecule has 2 aromatic rings. The molecule has 5 nitrogen and oxygen atoms in total. The molecule has 1 N–H and O–H groups in total. The Labute approximate surface area is 152 Å². The number of methoxy groups -OCH3 is 2. The van der Waals surface area contributed by atoms with Crippen LogP contribution in [0.2, 0.25) is 0 Å². The number of hydrogen-bond donors (Lipinski definition) is 1. The standard InChI is InChI=1S/C21H22O5/c1-21(2)16-8-6-5-7-13(16)19(22)17(21)11-14-15(20(23)24)9-12(25-3)10-18(14)26-4/h5-10,17H,11H2,1-4H3,(H,23,24). The zero-order valence-electron chi connectivity index (χ0n) is 15.3. The van der Waals surface area contributed by atoms with Crippen LogP contribution < -0.4 is 9.47 Å². The zero-order valence-corrected chi connectivity index (χ0v) is 15.3. The molecule has 0 bridgehead atoms. The van der Waals surface area contributed by atoms with E-state index in [4.69, 9.17) is 9.47 Å². The number of aromatic carboxylic acids is 1. The summed E-state index contributed by atoms with van der Waals surface area (Å²) in [5.74, 6) is -0.567. The second-order valence-corrected chi connectivity index (χ2v) is 7.05. The summed E-state index contributed by atoms with van der Waals surface area (Å²) in [4.78, 5) is 24.8. The fourth-order valence-electron chi connectivity index (χ4n) is 3.84. The third-order valence-corrected chi connectivity index (χ3v) is 5.35. The summed E-state index contributed by atoms with van der Waals surface area (Å²) in [5.41, 5.74) is 1.93. The molecule has 0 amide bonds. The van der Waals surface area contributed by atoms with Crippen molar-refractivity contribution in [2.75, 3.05) is 14.2 Å². The van der Waals surface area contributed by atoms with E-state index in [1.807, 2.05) is 38.1 Å². The number of ether oxygens (including phenoxy) is 2. The van der Waals surface area contributed by atoms with Crippen LogP contribution in [-0.2, 0) is 11.8 Å². The van der Waals surface area contributed by atoms with E-state index in [0.717, 1.165) is 5.56 Å². The Morgan fingerprint density at radius 1 is 1.15 bits per heavy atom. The Morgan fingerprint density at radius 2 is 1.85 bits per heavy atom. The summed E-state index contributed by atoms with van der Waals surface area (Å²) in [6, 6.07) is 10.7. The maximum atomic E-state index is 13.0. The van der Waals surface area contributed by atoms with Gasteiger partial charge in [0.25, 0.3) is 0 Å². The molecule has 1 aliphatic carbocycles. The maximum Gasteiger partial charge on any atom is 0.336 e. The first-order chi connectivity index (χ1) is 12.3. The third kappa shape index (κ3) is 2.73. The molecule has 0 heterocycles. The predicted octanol–water partition coefficient (Wildman–Crippen LogP) is 3.73. The van der Waals surface area contributed by atoms with E-state index in [-0.39, 0.29) is 23.7 Å². The number of fused-ring (bicyclic) bond motifs is 1. The van der Waals surface area contributed by atoms with Crippen LogP contribution in [0.1, 0.15) is 45.7 Å². The van der Waals surface area contributed by atoms with Gasteiger partial charge in [-0.25, -0.2) is 4.79 Å².